The number of nitrogens with zero attached hydrogens (tertiary/aromatic N) is 6. The number of aromatic nitrogens is 4. The lowest BCUT2D eigenvalue weighted by atomic mass is 10.1. The largest absolute Gasteiger partial charge is 0.453 e. The van der Waals surface area contributed by atoms with Crippen LogP contribution >= 0.6 is 0 Å². The molecule has 0 aliphatic heterocycles. The predicted molar refractivity (Wildman–Crippen MR) is 96.9 cm³/mol. The second-order valence-electron chi connectivity index (χ2n) is 5.90. The number of rotatable bonds is 8. The van der Waals surface area contributed by atoms with Gasteiger partial charge in [0.15, 0.2) is 12.4 Å². The lowest BCUT2D eigenvalue weighted by Crippen LogP contribution is -2.12. The van der Waals surface area contributed by atoms with Crippen LogP contribution in [0.25, 0.3) is 6.08 Å². The van der Waals surface area contributed by atoms with Crippen LogP contribution in [0, 0.1) is 11.3 Å². The Labute approximate surface area is 152 Å². The molecule has 8 heteroatoms. The van der Waals surface area contributed by atoms with Crippen molar-refractivity contribution >= 4 is 17.7 Å². The van der Waals surface area contributed by atoms with Crippen molar-refractivity contribution in [2.45, 2.75) is 32.9 Å². The average molecular weight is 354 g/mol. The average Bonchev–Trinajstić information content (AvgIpc) is 3.10. The highest BCUT2D eigenvalue weighted by molar-refractivity contribution is 5.97. The van der Waals surface area contributed by atoms with Gasteiger partial charge < -0.3 is 9.64 Å². The van der Waals surface area contributed by atoms with Crippen LogP contribution in [0.15, 0.2) is 29.8 Å². The van der Waals surface area contributed by atoms with Gasteiger partial charge in [0.25, 0.3) is 0 Å². The fourth-order valence-electron chi connectivity index (χ4n) is 2.19. The van der Waals surface area contributed by atoms with E-state index in [1.165, 1.54) is 6.08 Å². The number of nitriles is 1. The van der Waals surface area contributed by atoms with Crippen molar-refractivity contribution in [3.63, 3.8) is 0 Å². The standard InChI is InChI=1S/C18H22N6O2/c1-4-5-10-24-17(20-21-22-24)13-26-18(25)15(12-19)11-14-6-8-16(9-7-14)23(2)3/h6-9,11H,4-5,10,13H2,1-3H3. The SMILES string of the molecule is CCCCn1nnnc1COC(=O)C(C#N)=Cc1ccc(N(C)C)cc1. The summed E-state index contributed by atoms with van der Waals surface area (Å²) < 4.78 is 6.80. The molecule has 0 spiro atoms. The summed E-state index contributed by atoms with van der Waals surface area (Å²) in [7, 11) is 3.88. The van der Waals surface area contributed by atoms with E-state index in [1.54, 1.807) is 4.68 Å². The van der Waals surface area contributed by atoms with E-state index in [2.05, 4.69) is 22.4 Å². The van der Waals surface area contributed by atoms with Gasteiger partial charge in [0.1, 0.15) is 11.6 Å². The summed E-state index contributed by atoms with van der Waals surface area (Å²) in [5.41, 5.74) is 1.70. The van der Waals surface area contributed by atoms with E-state index in [0.29, 0.717) is 12.4 Å². The van der Waals surface area contributed by atoms with Crippen LogP contribution in [0.1, 0.15) is 31.2 Å². The molecule has 0 aliphatic rings. The van der Waals surface area contributed by atoms with E-state index in [9.17, 15) is 10.1 Å². The molecule has 2 aromatic rings. The number of esters is 1. The monoisotopic (exact) mass is 354 g/mol. The molecule has 0 N–H and O–H groups in total. The summed E-state index contributed by atoms with van der Waals surface area (Å²) >= 11 is 0. The Bertz CT molecular complexity index is 802. The minimum Gasteiger partial charge on any atom is -0.453 e. The highest BCUT2D eigenvalue weighted by atomic mass is 16.5. The zero-order valence-corrected chi connectivity index (χ0v) is 15.2. The summed E-state index contributed by atoms with van der Waals surface area (Å²) in [6.45, 7) is 2.66. The maximum atomic E-state index is 12.2. The number of benzene rings is 1. The van der Waals surface area contributed by atoms with Gasteiger partial charge in [0.05, 0.1) is 0 Å². The molecule has 1 heterocycles. The fourth-order valence-corrected chi connectivity index (χ4v) is 2.19. The van der Waals surface area contributed by atoms with Crippen molar-refractivity contribution in [2.24, 2.45) is 0 Å². The maximum absolute atomic E-state index is 12.2. The Morgan fingerprint density at radius 3 is 2.69 bits per heavy atom. The highest BCUT2D eigenvalue weighted by Crippen LogP contribution is 2.15. The third-order valence-electron chi connectivity index (χ3n) is 3.72. The molecule has 1 aromatic heterocycles. The Morgan fingerprint density at radius 1 is 1.35 bits per heavy atom. The molecule has 0 amide bonds. The van der Waals surface area contributed by atoms with Crippen LogP contribution in [0.2, 0.25) is 0 Å². The number of aryl methyl sites for hydroxylation is 1. The summed E-state index contributed by atoms with van der Waals surface area (Å²) in [6.07, 6.45) is 3.44. The molecule has 0 aliphatic carbocycles. The molecule has 0 atom stereocenters. The molecule has 0 bridgehead atoms. The minimum absolute atomic E-state index is 0.0739. The first-order chi connectivity index (χ1) is 12.5. The number of carbonyl (C=O) groups is 1. The number of anilines is 1. The number of unbranched alkanes of at least 4 members (excludes halogenated alkanes) is 1. The van der Waals surface area contributed by atoms with Crippen LogP contribution in [0.3, 0.4) is 0 Å². The van der Waals surface area contributed by atoms with Gasteiger partial charge in [-0.1, -0.05) is 25.5 Å². The topological polar surface area (TPSA) is 96.9 Å². The third-order valence-corrected chi connectivity index (χ3v) is 3.72. The first kappa shape index (κ1) is 19.1. The lowest BCUT2D eigenvalue weighted by Gasteiger charge is -2.11. The van der Waals surface area contributed by atoms with Crippen molar-refractivity contribution in [3.05, 3.63) is 41.2 Å². The van der Waals surface area contributed by atoms with Crippen molar-refractivity contribution < 1.29 is 9.53 Å². The third kappa shape index (κ3) is 5.14. The normalized spacial score (nSPS) is 11.1. The molecule has 0 radical (unpaired) electrons. The van der Waals surface area contributed by atoms with E-state index in [1.807, 2.05) is 49.3 Å². The maximum Gasteiger partial charge on any atom is 0.349 e. The Morgan fingerprint density at radius 2 is 2.08 bits per heavy atom. The van der Waals surface area contributed by atoms with E-state index in [0.717, 1.165) is 24.1 Å². The first-order valence-corrected chi connectivity index (χ1v) is 8.36. The van der Waals surface area contributed by atoms with Crippen LogP contribution in [-0.2, 0) is 22.7 Å². The van der Waals surface area contributed by atoms with Crippen molar-refractivity contribution in [2.75, 3.05) is 19.0 Å². The van der Waals surface area contributed by atoms with Gasteiger partial charge in [-0.2, -0.15) is 5.26 Å². The molecular weight excluding hydrogens is 332 g/mol. The number of carbonyl (C=O) groups excluding carboxylic acids is 1. The van der Waals surface area contributed by atoms with Crippen LogP contribution in [0.5, 0.6) is 0 Å². The number of hydrogen-bond acceptors (Lipinski definition) is 7. The molecule has 0 fully saturated rings. The fraction of sp³-hybridized carbons (Fsp3) is 0.389. The Hall–Kier alpha value is -3.21. The molecule has 0 unspecified atom stereocenters. The van der Waals surface area contributed by atoms with E-state index < -0.39 is 5.97 Å². The van der Waals surface area contributed by atoms with E-state index in [-0.39, 0.29) is 12.2 Å². The van der Waals surface area contributed by atoms with Crippen molar-refractivity contribution in [1.29, 1.82) is 5.26 Å². The number of hydrogen-bond donors (Lipinski definition) is 0. The molecular formula is C18H22N6O2. The quantitative estimate of drug-likeness (QED) is 0.407. The Balaban J connectivity index is 2.02. The summed E-state index contributed by atoms with van der Waals surface area (Å²) in [5, 5.41) is 20.6. The van der Waals surface area contributed by atoms with Crippen LogP contribution in [0.4, 0.5) is 5.69 Å². The van der Waals surface area contributed by atoms with Gasteiger partial charge in [-0.25, -0.2) is 9.48 Å². The minimum atomic E-state index is -0.700. The molecule has 1 aromatic carbocycles. The zero-order valence-electron chi connectivity index (χ0n) is 15.2. The van der Waals surface area contributed by atoms with E-state index in [4.69, 9.17) is 4.74 Å². The molecule has 136 valence electrons. The zero-order chi connectivity index (χ0) is 18.9. The van der Waals surface area contributed by atoms with Crippen LogP contribution < -0.4 is 4.90 Å². The van der Waals surface area contributed by atoms with Gasteiger partial charge in [-0.15, -0.1) is 5.10 Å². The molecule has 2 rings (SSSR count). The predicted octanol–water partition coefficient (Wildman–Crippen LogP) is 2.19. The van der Waals surface area contributed by atoms with Gasteiger partial charge in [0.2, 0.25) is 0 Å². The second-order valence-corrected chi connectivity index (χ2v) is 5.90. The summed E-state index contributed by atoms with van der Waals surface area (Å²) in [6, 6.07) is 9.38. The van der Waals surface area contributed by atoms with E-state index >= 15 is 0 Å². The van der Waals surface area contributed by atoms with Crippen molar-refractivity contribution in [3.8, 4) is 6.07 Å². The summed E-state index contributed by atoms with van der Waals surface area (Å²) in [4.78, 5) is 14.1. The molecule has 0 saturated carbocycles. The number of ether oxygens (including phenoxy) is 1. The van der Waals surface area contributed by atoms with Gasteiger partial charge >= 0.3 is 5.97 Å². The number of tetrazole rings is 1. The van der Waals surface area contributed by atoms with Gasteiger partial charge in [-0.3, -0.25) is 0 Å². The lowest BCUT2D eigenvalue weighted by molar-refractivity contribution is -0.140. The van der Waals surface area contributed by atoms with Crippen molar-refractivity contribution in [1.82, 2.24) is 20.2 Å². The Kier molecular flexibility index (Phi) is 6.85. The molecule has 8 nitrogen and oxygen atoms in total. The van der Waals surface area contributed by atoms with Gasteiger partial charge in [-0.05, 0) is 40.6 Å². The second kappa shape index (κ2) is 9.32. The smallest absolute Gasteiger partial charge is 0.349 e. The molecule has 26 heavy (non-hydrogen) atoms. The van der Waals surface area contributed by atoms with Crippen LogP contribution in [-0.4, -0.2) is 40.3 Å². The molecule has 0 saturated heterocycles. The highest BCUT2D eigenvalue weighted by Gasteiger charge is 2.14. The van der Waals surface area contributed by atoms with Gasteiger partial charge in [0, 0.05) is 26.3 Å². The first-order valence-electron chi connectivity index (χ1n) is 8.36. The summed E-state index contributed by atoms with van der Waals surface area (Å²) in [5.74, 6) is -0.242.